The normalized spacial score (nSPS) is 11.3. The Hall–Kier alpha value is -3.20. The van der Waals surface area contributed by atoms with Crippen LogP contribution in [-0.4, -0.2) is 37.3 Å². The third-order valence-electron chi connectivity index (χ3n) is 4.40. The van der Waals surface area contributed by atoms with E-state index >= 15 is 0 Å². The number of anilines is 1. The molecular weight excluding hydrogens is 404 g/mol. The van der Waals surface area contributed by atoms with Gasteiger partial charge in [-0.3, -0.25) is 9.10 Å². The van der Waals surface area contributed by atoms with Crippen LogP contribution in [0.1, 0.15) is 22.6 Å². The molecule has 0 unspecified atom stereocenters. The van der Waals surface area contributed by atoms with Crippen molar-refractivity contribution in [2.75, 3.05) is 17.1 Å². The summed E-state index contributed by atoms with van der Waals surface area (Å²) in [6.07, 6.45) is 1.07. The van der Waals surface area contributed by atoms with Crippen molar-refractivity contribution in [3.8, 4) is 11.4 Å². The largest absolute Gasteiger partial charge is 0.345 e. The third kappa shape index (κ3) is 5.44. The predicted molar refractivity (Wildman–Crippen MR) is 114 cm³/mol. The minimum Gasteiger partial charge on any atom is -0.345 e. The molecule has 3 rings (SSSR count). The number of carbonyl (C=O) groups excluding carboxylic acids is 1. The average Bonchev–Trinajstić information content (AvgIpc) is 3.12. The topological polar surface area (TPSA) is 105 Å². The number of rotatable bonds is 7. The molecule has 0 aliphatic carbocycles. The fourth-order valence-corrected chi connectivity index (χ4v) is 3.84. The Morgan fingerprint density at radius 1 is 1.03 bits per heavy atom. The van der Waals surface area contributed by atoms with Crippen LogP contribution in [0.2, 0.25) is 0 Å². The summed E-state index contributed by atoms with van der Waals surface area (Å²) in [5.74, 6) is 0.179. The van der Waals surface area contributed by atoms with Crippen molar-refractivity contribution in [2.45, 2.75) is 27.3 Å². The lowest BCUT2D eigenvalue weighted by molar-refractivity contribution is -0.119. The molecule has 158 valence electrons. The highest BCUT2D eigenvalue weighted by Gasteiger charge is 2.21. The molecule has 8 nitrogen and oxygen atoms in total. The van der Waals surface area contributed by atoms with E-state index in [-0.39, 0.29) is 19.0 Å². The van der Waals surface area contributed by atoms with Crippen molar-refractivity contribution < 1.29 is 17.7 Å². The van der Waals surface area contributed by atoms with E-state index in [0.29, 0.717) is 11.5 Å². The van der Waals surface area contributed by atoms with Gasteiger partial charge in [-0.15, -0.1) is 0 Å². The molecule has 0 aliphatic rings. The fourth-order valence-electron chi connectivity index (χ4n) is 3.00. The van der Waals surface area contributed by atoms with Crippen LogP contribution in [0.4, 0.5) is 5.69 Å². The molecule has 0 fully saturated rings. The lowest BCUT2D eigenvalue weighted by Crippen LogP contribution is -2.40. The second kappa shape index (κ2) is 8.66. The smallest absolute Gasteiger partial charge is 0.246 e. The van der Waals surface area contributed by atoms with Gasteiger partial charge in [-0.05, 0) is 44.0 Å². The van der Waals surface area contributed by atoms with E-state index in [4.69, 9.17) is 4.52 Å². The zero-order chi connectivity index (χ0) is 21.9. The first kappa shape index (κ1) is 21.5. The van der Waals surface area contributed by atoms with Gasteiger partial charge in [0.15, 0.2) is 0 Å². The van der Waals surface area contributed by atoms with Crippen molar-refractivity contribution in [3.63, 3.8) is 0 Å². The van der Waals surface area contributed by atoms with Gasteiger partial charge in [-0.2, -0.15) is 4.98 Å². The molecule has 1 N–H and O–H groups in total. The quantitative estimate of drug-likeness (QED) is 0.620. The lowest BCUT2D eigenvalue weighted by atomic mass is 10.1. The van der Waals surface area contributed by atoms with Gasteiger partial charge in [0.1, 0.15) is 6.54 Å². The second-order valence-corrected chi connectivity index (χ2v) is 9.18. The first-order chi connectivity index (χ1) is 14.1. The molecule has 30 heavy (non-hydrogen) atoms. The molecule has 0 aliphatic heterocycles. The summed E-state index contributed by atoms with van der Waals surface area (Å²) >= 11 is 0. The van der Waals surface area contributed by atoms with Crippen LogP contribution in [0.25, 0.3) is 11.4 Å². The monoisotopic (exact) mass is 428 g/mol. The number of carbonyl (C=O) groups is 1. The Bertz CT molecular complexity index is 1130. The molecule has 9 heteroatoms. The van der Waals surface area contributed by atoms with Crippen LogP contribution in [0.3, 0.4) is 0 Å². The van der Waals surface area contributed by atoms with Crippen LogP contribution < -0.4 is 9.62 Å². The SMILES string of the molecule is Cc1ccc(-c2noc(CNC(=O)CN(c3cc(C)cc(C)c3)S(C)(=O)=O)n2)cc1. The van der Waals surface area contributed by atoms with E-state index in [0.717, 1.165) is 32.8 Å². The molecule has 0 spiro atoms. The molecule has 1 amide bonds. The van der Waals surface area contributed by atoms with Crippen molar-refractivity contribution in [1.29, 1.82) is 0 Å². The van der Waals surface area contributed by atoms with E-state index in [1.807, 2.05) is 51.1 Å². The van der Waals surface area contributed by atoms with Crippen molar-refractivity contribution >= 4 is 21.6 Å². The maximum atomic E-state index is 12.4. The van der Waals surface area contributed by atoms with Crippen LogP contribution in [-0.2, 0) is 21.4 Å². The molecule has 3 aromatic rings. The maximum absolute atomic E-state index is 12.4. The summed E-state index contributed by atoms with van der Waals surface area (Å²) in [5.41, 5.74) is 4.20. The summed E-state index contributed by atoms with van der Waals surface area (Å²) < 4.78 is 30.8. The molecule has 1 aromatic heterocycles. The molecule has 0 saturated heterocycles. The summed E-state index contributed by atoms with van der Waals surface area (Å²) in [6, 6.07) is 13.1. The van der Waals surface area contributed by atoms with Gasteiger partial charge in [0.2, 0.25) is 27.6 Å². The number of aromatic nitrogens is 2. The van der Waals surface area contributed by atoms with Gasteiger partial charge in [0.05, 0.1) is 18.5 Å². The summed E-state index contributed by atoms with van der Waals surface area (Å²) in [6.45, 7) is 5.39. The lowest BCUT2D eigenvalue weighted by Gasteiger charge is -2.22. The maximum Gasteiger partial charge on any atom is 0.246 e. The van der Waals surface area contributed by atoms with Crippen LogP contribution in [0.5, 0.6) is 0 Å². The third-order valence-corrected chi connectivity index (χ3v) is 5.54. The first-order valence-electron chi connectivity index (χ1n) is 9.34. The Kier molecular flexibility index (Phi) is 6.21. The van der Waals surface area contributed by atoms with Gasteiger partial charge >= 0.3 is 0 Å². The number of amides is 1. The summed E-state index contributed by atoms with van der Waals surface area (Å²) in [7, 11) is -3.64. The first-order valence-corrected chi connectivity index (χ1v) is 11.2. The van der Waals surface area contributed by atoms with E-state index in [9.17, 15) is 13.2 Å². The van der Waals surface area contributed by atoms with Crippen molar-refractivity contribution in [3.05, 3.63) is 65.0 Å². The fraction of sp³-hybridized carbons (Fsp3) is 0.286. The number of hydrogen-bond acceptors (Lipinski definition) is 6. The highest BCUT2D eigenvalue weighted by Crippen LogP contribution is 2.21. The van der Waals surface area contributed by atoms with Gasteiger partial charge in [-0.1, -0.05) is 41.1 Å². The Morgan fingerprint density at radius 3 is 2.27 bits per heavy atom. The van der Waals surface area contributed by atoms with Crippen LogP contribution in [0.15, 0.2) is 47.0 Å². The van der Waals surface area contributed by atoms with Crippen molar-refractivity contribution in [1.82, 2.24) is 15.5 Å². The Morgan fingerprint density at radius 2 is 1.67 bits per heavy atom. The summed E-state index contributed by atoms with van der Waals surface area (Å²) in [5, 5.41) is 6.55. The number of nitrogens with zero attached hydrogens (tertiary/aromatic N) is 3. The standard InChI is InChI=1S/C21H24N4O4S/c1-14-5-7-17(8-6-14)21-23-20(29-24-21)12-22-19(26)13-25(30(4,27)28)18-10-15(2)9-16(3)11-18/h5-11H,12-13H2,1-4H3,(H,22,26). The Balaban J connectivity index is 1.67. The molecule has 0 bridgehead atoms. The van der Waals surface area contributed by atoms with E-state index in [1.165, 1.54) is 0 Å². The molecule has 2 aromatic carbocycles. The van der Waals surface area contributed by atoms with Gasteiger partial charge in [0.25, 0.3) is 0 Å². The van der Waals surface area contributed by atoms with Crippen LogP contribution in [0, 0.1) is 20.8 Å². The minimum atomic E-state index is -3.64. The van der Waals surface area contributed by atoms with Gasteiger partial charge in [0, 0.05) is 5.56 Å². The predicted octanol–water partition coefficient (Wildman–Crippen LogP) is 2.74. The Labute approximate surface area is 176 Å². The zero-order valence-corrected chi connectivity index (χ0v) is 18.2. The molecule has 0 radical (unpaired) electrons. The number of sulfonamides is 1. The minimum absolute atomic E-state index is 0.00212. The number of aryl methyl sites for hydroxylation is 3. The summed E-state index contributed by atoms with van der Waals surface area (Å²) in [4.78, 5) is 16.7. The van der Waals surface area contributed by atoms with Crippen LogP contribution >= 0.6 is 0 Å². The molecule has 1 heterocycles. The number of hydrogen-bond donors (Lipinski definition) is 1. The number of nitrogens with one attached hydrogen (secondary N) is 1. The average molecular weight is 429 g/mol. The van der Waals surface area contributed by atoms with Gasteiger partial charge in [-0.25, -0.2) is 8.42 Å². The van der Waals surface area contributed by atoms with E-state index < -0.39 is 15.9 Å². The molecule has 0 atom stereocenters. The highest BCUT2D eigenvalue weighted by atomic mass is 32.2. The van der Waals surface area contributed by atoms with E-state index in [2.05, 4.69) is 15.5 Å². The number of benzene rings is 2. The zero-order valence-electron chi connectivity index (χ0n) is 17.3. The molecular formula is C21H24N4O4S. The van der Waals surface area contributed by atoms with E-state index in [1.54, 1.807) is 12.1 Å². The molecule has 0 saturated carbocycles. The highest BCUT2D eigenvalue weighted by molar-refractivity contribution is 7.92. The second-order valence-electron chi connectivity index (χ2n) is 7.27. The van der Waals surface area contributed by atoms with Gasteiger partial charge < -0.3 is 9.84 Å². The van der Waals surface area contributed by atoms with Crippen molar-refractivity contribution in [2.24, 2.45) is 0 Å².